The van der Waals surface area contributed by atoms with Crippen LogP contribution in [0.2, 0.25) is 0 Å². The van der Waals surface area contributed by atoms with Gasteiger partial charge in [0.1, 0.15) is 5.82 Å². The highest BCUT2D eigenvalue weighted by atomic mass is 16.1. The van der Waals surface area contributed by atoms with Crippen LogP contribution in [0.15, 0.2) is 36.5 Å². The van der Waals surface area contributed by atoms with Crippen molar-refractivity contribution in [3.05, 3.63) is 59.0 Å². The van der Waals surface area contributed by atoms with Gasteiger partial charge in [0.25, 0.3) is 0 Å². The highest BCUT2D eigenvalue weighted by Crippen LogP contribution is 2.17. The molecule has 0 fully saturated rings. The van der Waals surface area contributed by atoms with Crippen molar-refractivity contribution in [2.45, 2.75) is 26.8 Å². The van der Waals surface area contributed by atoms with Crippen molar-refractivity contribution in [3.63, 3.8) is 0 Å². The molecule has 2 aromatic heterocycles. The van der Waals surface area contributed by atoms with E-state index in [1.165, 1.54) is 0 Å². The quantitative estimate of drug-likeness (QED) is 0.728. The average molecular weight is 366 g/mol. The Bertz CT molecular complexity index is 936. The first-order valence-corrected chi connectivity index (χ1v) is 8.92. The summed E-state index contributed by atoms with van der Waals surface area (Å²) in [5, 5.41) is 11.7. The Morgan fingerprint density at radius 2 is 1.85 bits per heavy atom. The molecule has 0 aliphatic rings. The van der Waals surface area contributed by atoms with Crippen molar-refractivity contribution in [1.82, 2.24) is 19.6 Å². The minimum absolute atomic E-state index is 0.0705. The summed E-state index contributed by atoms with van der Waals surface area (Å²) in [6.45, 7) is 4.50. The van der Waals surface area contributed by atoms with Gasteiger partial charge < -0.3 is 10.2 Å². The first-order valence-electron chi connectivity index (χ1n) is 8.92. The molecule has 0 saturated heterocycles. The van der Waals surface area contributed by atoms with Crippen LogP contribution in [0.25, 0.3) is 0 Å². The fraction of sp³-hybridized carbons (Fsp3) is 0.350. The average Bonchev–Trinajstić information content (AvgIpc) is 3.14. The van der Waals surface area contributed by atoms with Crippen LogP contribution in [0, 0.1) is 13.8 Å². The normalized spacial score (nSPS) is 10.9. The van der Waals surface area contributed by atoms with Crippen molar-refractivity contribution in [1.29, 1.82) is 0 Å². The maximum absolute atomic E-state index is 12.5. The number of carbonyl (C=O) groups excluding carboxylic acids is 1. The lowest BCUT2D eigenvalue weighted by Crippen LogP contribution is -2.18. The zero-order chi connectivity index (χ0) is 19.6. The highest BCUT2D eigenvalue weighted by Gasteiger charge is 2.15. The number of aromatic nitrogens is 4. The van der Waals surface area contributed by atoms with E-state index in [1.54, 1.807) is 15.6 Å². The Hall–Kier alpha value is -3.09. The van der Waals surface area contributed by atoms with Crippen LogP contribution in [0.4, 0.5) is 11.5 Å². The van der Waals surface area contributed by atoms with Gasteiger partial charge in [0.15, 0.2) is 0 Å². The summed E-state index contributed by atoms with van der Waals surface area (Å²) in [5.74, 6) is 0.620. The van der Waals surface area contributed by atoms with E-state index in [2.05, 4.69) is 44.7 Å². The zero-order valence-corrected chi connectivity index (χ0v) is 16.5. The second kappa shape index (κ2) is 7.65. The molecule has 0 bridgehead atoms. The van der Waals surface area contributed by atoms with Gasteiger partial charge in [0.05, 0.1) is 24.9 Å². The maximum Gasteiger partial charge on any atom is 0.230 e. The lowest BCUT2D eigenvalue weighted by molar-refractivity contribution is -0.115. The van der Waals surface area contributed by atoms with Crippen LogP contribution in [-0.2, 0) is 24.8 Å². The molecule has 0 aliphatic carbocycles. The Kier molecular flexibility index (Phi) is 5.30. The Balaban J connectivity index is 1.68. The van der Waals surface area contributed by atoms with Crippen molar-refractivity contribution in [2.24, 2.45) is 7.05 Å². The third kappa shape index (κ3) is 4.19. The number of anilines is 2. The van der Waals surface area contributed by atoms with E-state index >= 15 is 0 Å². The van der Waals surface area contributed by atoms with Crippen LogP contribution in [0.3, 0.4) is 0 Å². The van der Waals surface area contributed by atoms with E-state index in [-0.39, 0.29) is 5.91 Å². The number of nitrogens with one attached hydrogen (secondary N) is 1. The van der Waals surface area contributed by atoms with Gasteiger partial charge in [-0.15, -0.1) is 0 Å². The van der Waals surface area contributed by atoms with E-state index in [1.807, 2.05) is 41.1 Å². The Morgan fingerprint density at radius 3 is 2.44 bits per heavy atom. The van der Waals surface area contributed by atoms with Gasteiger partial charge >= 0.3 is 0 Å². The molecule has 3 aromatic rings. The van der Waals surface area contributed by atoms with E-state index in [9.17, 15) is 4.79 Å². The van der Waals surface area contributed by atoms with Crippen LogP contribution in [0.1, 0.15) is 22.5 Å². The molecule has 2 heterocycles. The monoisotopic (exact) mass is 366 g/mol. The van der Waals surface area contributed by atoms with E-state index in [0.717, 1.165) is 28.2 Å². The molecule has 0 atom stereocenters. The minimum Gasteiger partial charge on any atom is -0.378 e. The largest absolute Gasteiger partial charge is 0.378 e. The maximum atomic E-state index is 12.5. The van der Waals surface area contributed by atoms with Gasteiger partial charge in [-0.2, -0.15) is 10.2 Å². The van der Waals surface area contributed by atoms with E-state index in [4.69, 9.17) is 0 Å². The van der Waals surface area contributed by atoms with E-state index in [0.29, 0.717) is 18.8 Å². The van der Waals surface area contributed by atoms with Crippen LogP contribution < -0.4 is 10.2 Å². The number of carbonyl (C=O) groups is 1. The Labute approximate surface area is 159 Å². The number of benzene rings is 1. The number of aryl methyl sites for hydroxylation is 2. The van der Waals surface area contributed by atoms with Gasteiger partial charge in [-0.3, -0.25) is 9.48 Å². The molecule has 1 aromatic carbocycles. The summed E-state index contributed by atoms with van der Waals surface area (Å²) in [6.07, 6.45) is 2.00. The molecular formula is C20H26N6O. The first kappa shape index (κ1) is 18.7. The Morgan fingerprint density at radius 1 is 1.15 bits per heavy atom. The molecule has 1 N–H and O–H groups in total. The van der Waals surface area contributed by atoms with Gasteiger partial charge in [0.2, 0.25) is 5.91 Å². The predicted octanol–water partition coefficient (Wildman–Crippen LogP) is 2.53. The summed E-state index contributed by atoms with van der Waals surface area (Å²) < 4.78 is 3.60. The molecule has 7 heteroatoms. The number of amides is 1. The fourth-order valence-corrected chi connectivity index (χ4v) is 3.06. The van der Waals surface area contributed by atoms with Gasteiger partial charge in [0, 0.05) is 44.2 Å². The van der Waals surface area contributed by atoms with Crippen molar-refractivity contribution < 1.29 is 4.79 Å². The first-order chi connectivity index (χ1) is 12.8. The predicted molar refractivity (Wildman–Crippen MR) is 107 cm³/mol. The third-order valence-corrected chi connectivity index (χ3v) is 4.77. The van der Waals surface area contributed by atoms with Crippen molar-refractivity contribution >= 4 is 17.4 Å². The number of rotatable bonds is 6. The van der Waals surface area contributed by atoms with Crippen LogP contribution in [0.5, 0.6) is 0 Å². The second-order valence-electron chi connectivity index (χ2n) is 6.93. The summed E-state index contributed by atoms with van der Waals surface area (Å²) in [6, 6.07) is 10.1. The number of hydrogen-bond donors (Lipinski definition) is 1. The standard InChI is InChI=1S/C20H26N6O/c1-14-18(15(2)25(5)23-14)12-20(27)22-19-10-11-21-26(19)13-16-6-8-17(9-7-16)24(3)4/h6-11H,12-13H2,1-5H3,(H,22,27). The molecule has 1 amide bonds. The smallest absolute Gasteiger partial charge is 0.230 e. The number of nitrogens with zero attached hydrogens (tertiary/aromatic N) is 5. The summed E-state index contributed by atoms with van der Waals surface area (Å²) in [5.41, 5.74) is 5.14. The van der Waals surface area contributed by atoms with Crippen LogP contribution >= 0.6 is 0 Å². The summed E-state index contributed by atoms with van der Waals surface area (Å²) in [7, 11) is 5.92. The molecule has 0 unspecified atom stereocenters. The number of hydrogen-bond acceptors (Lipinski definition) is 4. The second-order valence-corrected chi connectivity index (χ2v) is 6.93. The zero-order valence-electron chi connectivity index (χ0n) is 16.5. The van der Waals surface area contributed by atoms with Gasteiger partial charge in [-0.1, -0.05) is 12.1 Å². The van der Waals surface area contributed by atoms with Crippen molar-refractivity contribution in [2.75, 3.05) is 24.3 Å². The molecule has 0 radical (unpaired) electrons. The van der Waals surface area contributed by atoms with Gasteiger partial charge in [-0.25, -0.2) is 4.68 Å². The highest BCUT2D eigenvalue weighted by molar-refractivity contribution is 5.91. The molecule has 142 valence electrons. The SMILES string of the molecule is Cc1nn(C)c(C)c1CC(=O)Nc1ccnn1Cc1ccc(N(C)C)cc1. The molecule has 0 aliphatic heterocycles. The summed E-state index contributed by atoms with van der Waals surface area (Å²) in [4.78, 5) is 14.6. The molecule has 0 spiro atoms. The summed E-state index contributed by atoms with van der Waals surface area (Å²) >= 11 is 0. The topological polar surface area (TPSA) is 68.0 Å². The minimum atomic E-state index is -0.0705. The lowest BCUT2D eigenvalue weighted by Gasteiger charge is -2.13. The van der Waals surface area contributed by atoms with E-state index < -0.39 is 0 Å². The molecule has 27 heavy (non-hydrogen) atoms. The van der Waals surface area contributed by atoms with Crippen LogP contribution in [-0.4, -0.2) is 39.6 Å². The third-order valence-electron chi connectivity index (χ3n) is 4.77. The van der Waals surface area contributed by atoms with Crippen molar-refractivity contribution in [3.8, 4) is 0 Å². The molecule has 0 saturated carbocycles. The molecule has 7 nitrogen and oxygen atoms in total. The molecular weight excluding hydrogens is 340 g/mol. The van der Waals surface area contributed by atoms with Gasteiger partial charge in [-0.05, 0) is 31.5 Å². The lowest BCUT2D eigenvalue weighted by atomic mass is 10.1. The molecule has 3 rings (SSSR count). The fourth-order valence-electron chi connectivity index (χ4n) is 3.06.